The molecule has 7 heteroatoms. The average Bonchev–Trinajstić information content (AvgIpc) is 2.85. The first-order valence-electron chi connectivity index (χ1n) is 5.23. The first-order valence-corrected chi connectivity index (χ1v) is 7.24. The van der Waals surface area contributed by atoms with Gasteiger partial charge in [-0.2, -0.15) is 0 Å². The Morgan fingerprint density at radius 3 is 2.72 bits per heavy atom. The second-order valence-corrected chi connectivity index (χ2v) is 6.49. The molecule has 5 N–H and O–H groups in total. The molecular formula is C11H12ClN3OS2. The Bertz CT molecular complexity index is 564. The number of thiophene rings is 2. The van der Waals surface area contributed by atoms with E-state index in [1.54, 1.807) is 17.4 Å². The molecule has 1 amide bonds. The van der Waals surface area contributed by atoms with E-state index >= 15 is 0 Å². The highest BCUT2D eigenvalue weighted by Gasteiger charge is 2.10. The van der Waals surface area contributed by atoms with Crippen molar-refractivity contribution in [3.8, 4) is 0 Å². The number of nitrogens with two attached hydrogens (primary N) is 2. The minimum atomic E-state index is -0.490. The van der Waals surface area contributed by atoms with E-state index in [4.69, 9.17) is 23.1 Å². The van der Waals surface area contributed by atoms with E-state index in [1.165, 1.54) is 16.2 Å². The maximum absolute atomic E-state index is 11.0. The molecule has 0 saturated carbocycles. The number of anilines is 2. The van der Waals surface area contributed by atoms with Crippen LogP contribution < -0.4 is 16.8 Å². The van der Waals surface area contributed by atoms with Crippen LogP contribution in [0.4, 0.5) is 10.7 Å². The number of hydrogen-bond acceptors (Lipinski definition) is 5. The van der Waals surface area contributed by atoms with Crippen molar-refractivity contribution in [1.82, 2.24) is 0 Å². The van der Waals surface area contributed by atoms with Gasteiger partial charge in [-0.3, -0.25) is 4.79 Å². The molecule has 0 fully saturated rings. The van der Waals surface area contributed by atoms with Gasteiger partial charge in [-0.05, 0) is 24.6 Å². The van der Waals surface area contributed by atoms with Crippen LogP contribution in [0, 0.1) is 0 Å². The SMILES string of the molecule is NC(=O)c1sc(NCCc2ccc(Cl)s2)cc1N. The lowest BCUT2D eigenvalue weighted by Gasteiger charge is -2.00. The quantitative estimate of drug-likeness (QED) is 0.794. The van der Waals surface area contributed by atoms with E-state index in [1.807, 2.05) is 12.1 Å². The van der Waals surface area contributed by atoms with Gasteiger partial charge in [-0.1, -0.05) is 11.6 Å². The molecular weight excluding hydrogens is 290 g/mol. The summed E-state index contributed by atoms with van der Waals surface area (Å²) < 4.78 is 0.793. The Kier molecular flexibility index (Phi) is 4.11. The van der Waals surface area contributed by atoms with Crippen molar-refractivity contribution >= 4 is 50.9 Å². The molecule has 2 rings (SSSR count). The van der Waals surface area contributed by atoms with Crippen LogP contribution in [0.2, 0.25) is 4.34 Å². The summed E-state index contributed by atoms with van der Waals surface area (Å²) in [7, 11) is 0. The first-order chi connectivity index (χ1) is 8.56. The molecule has 4 nitrogen and oxygen atoms in total. The summed E-state index contributed by atoms with van der Waals surface area (Å²) in [5, 5.41) is 4.06. The molecule has 0 saturated heterocycles. The van der Waals surface area contributed by atoms with E-state index in [0.29, 0.717) is 10.6 Å². The summed E-state index contributed by atoms with van der Waals surface area (Å²) in [6, 6.07) is 5.62. The lowest BCUT2D eigenvalue weighted by atomic mass is 10.3. The molecule has 2 aromatic heterocycles. The topological polar surface area (TPSA) is 81.1 Å². The third-order valence-corrected chi connectivity index (χ3v) is 4.70. The number of primary amides is 1. The number of nitrogens with one attached hydrogen (secondary N) is 1. The number of halogens is 1. The molecule has 0 atom stereocenters. The number of amides is 1. The van der Waals surface area contributed by atoms with Crippen molar-refractivity contribution in [1.29, 1.82) is 0 Å². The number of hydrogen-bond donors (Lipinski definition) is 3. The first kappa shape index (κ1) is 13.2. The van der Waals surface area contributed by atoms with E-state index in [-0.39, 0.29) is 0 Å². The zero-order valence-corrected chi connectivity index (χ0v) is 11.8. The van der Waals surface area contributed by atoms with Gasteiger partial charge in [0.05, 0.1) is 15.0 Å². The molecule has 0 unspecified atom stereocenters. The van der Waals surface area contributed by atoms with Crippen LogP contribution in [0.3, 0.4) is 0 Å². The Balaban J connectivity index is 1.90. The van der Waals surface area contributed by atoms with Crippen molar-refractivity contribution in [3.05, 3.63) is 32.3 Å². The fourth-order valence-electron chi connectivity index (χ4n) is 1.48. The van der Waals surface area contributed by atoms with Crippen molar-refractivity contribution in [2.24, 2.45) is 5.73 Å². The molecule has 96 valence electrons. The van der Waals surface area contributed by atoms with Crippen LogP contribution in [0.25, 0.3) is 0 Å². The van der Waals surface area contributed by atoms with Gasteiger partial charge >= 0.3 is 0 Å². The average molecular weight is 302 g/mol. The van der Waals surface area contributed by atoms with Gasteiger partial charge < -0.3 is 16.8 Å². The lowest BCUT2D eigenvalue weighted by molar-refractivity contribution is 0.100. The zero-order valence-electron chi connectivity index (χ0n) is 9.40. The molecule has 0 bridgehead atoms. The lowest BCUT2D eigenvalue weighted by Crippen LogP contribution is -2.10. The number of carbonyl (C=O) groups excluding carboxylic acids is 1. The van der Waals surface area contributed by atoms with Crippen LogP contribution in [0.15, 0.2) is 18.2 Å². The van der Waals surface area contributed by atoms with Crippen molar-refractivity contribution in [2.75, 3.05) is 17.6 Å². The highest BCUT2D eigenvalue weighted by Crippen LogP contribution is 2.29. The zero-order chi connectivity index (χ0) is 13.1. The van der Waals surface area contributed by atoms with Gasteiger partial charge in [0.2, 0.25) is 0 Å². The Labute approximate surface area is 118 Å². The maximum atomic E-state index is 11.0. The largest absolute Gasteiger partial charge is 0.397 e. The molecule has 0 aliphatic carbocycles. The van der Waals surface area contributed by atoms with Gasteiger partial charge in [0.15, 0.2) is 0 Å². The monoisotopic (exact) mass is 301 g/mol. The number of carbonyl (C=O) groups is 1. The summed E-state index contributed by atoms with van der Waals surface area (Å²) in [4.78, 5) is 12.7. The summed E-state index contributed by atoms with van der Waals surface area (Å²) in [5.41, 5.74) is 11.3. The molecule has 0 aliphatic heterocycles. The van der Waals surface area contributed by atoms with Crippen LogP contribution in [0.1, 0.15) is 14.5 Å². The van der Waals surface area contributed by atoms with Gasteiger partial charge in [0.1, 0.15) is 4.88 Å². The van der Waals surface area contributed by atoms with E-state index in [2.05, 4.69) is 5.32 Å². The highest BCUT2D eigenvalue weighted by atomic mass is 35.5. The molecule has 0 radical (unpaired) electrons. The standard InChI is InChI=1S/C11H12ClN3OS2/c12-8-2-1-6(17-8)3-4-15-9-5-7(13)10(18-9)11(14)16/h1-2,5,15H,3-4,13H2,(H2,14,16). The third kappa shape index (κ3) is 3.16. The Morgan fingerprint density at radius 2 is 2.17 bits per heavy atom. The molecule has 2 heterocycles. The summed E-state index contributed by atoms with van der Waals surface area (Å²) in [6.45, 7) is 0.759. The molecule has 0 aromatic carbocycles. The van der Waals surface area contributed by atoms with Gasteiger partial charge in [0, 0.05) is 11.4 Å². The number of rotatable bonds is 5. The molecule has 0 spiro atoms. The third-order valence-electron chi connectivity index (χ3n) is 2.28. The molecule has 0 aliphatic rings. The maximum Gasteiger partial charge on any atom is 0.260 e. The molecule has 2 aromatic rings. The fraction of sp³-hybridized carbons (Fsp3) is 0.182. The summed E-state index contributed by atoms with van der Waals surface area (Å²) in [6.07, 6.45) is 0.876. The minimum Gasteiger partial charge on any atom is -0.397 e. The van der Waals surface area contributed by atoms with Crippen LogP contribution >= 0.6 is 34.3 Å². The van der Waals surface area contributed by atoms with Crippen molar-refractivity contribution in [3.63, 3.8) is 0 Å². The number of nitrogen functional groups attached to an aromatic ring is 1. The predicted octanol–water partition coefficient (Wildman–Crippen LogP) is 2.80. The summed E-state index contributed by atoms with van der Waals surface area (Å²) in [5.74, 6) is -0.490. The smallest absolute Gasteiger partial charge is 0.260 e. The van der Waals surface area contributed by atoms with Gasteiger partial charge in [-0.15, -0.1) is 22.7 Å². The van der Waals surface area contributed by atoms with E-state index in [0.717, 1.165) is 22.3 Å². The minimum absolute atomic E-state index is 0.400. The van der Waals surface area contributed by atoms with Crippen LogP contribution in [-0.4, -0.2) is 12.5 Å². The Morgan fingerprint density at radius 1 is 1.39 bits per heavy atom. The molecule has 18 heavy (non-hydrogen) atoms. The predicted molar refractivity (Wildman–Crippen MR) is 78.8 cm³/mol. The Hall–Kier alpha value is -1.24. The van der Waals surface area contributed by atoms with E-state index < -0.39 is 5.91 Å². The van der Waals surface area contributed by atoms with Gasteiger partial charge in [-0.25, -0.2) is 0 Å². The van der Waals surface area contributed by atoms with E-state index in [9.17, 15) is 4.79 Å². The highest BCUT2D eigenvalue weighted by molar-refractivity contribution is 7.18. The van der Waals surface area contributed by atoms with Crippen LogP contribution in [0.5, 0.6) is 0 Å². The second kappa shape index (κ2) is 5.60. The summed E-state index contributed by atoms with van der Waals surface area (Å²) >= 11 is 8.69. The van der Waals surface area contributed by atoms with Crippen LogP contribution in [-0.2, 0) is 6.42 Å². The normalized spacial score (nSPS) is 10.5. The van der Waals surface area contributed by atoms with Gasteiger partial charge in [0.25, 0.3) is 5.91 Å². The second-order valence-electron chi connectivity index (χ2n) is 3.64. The van der Waals surface area contributed by atoms with Crippen molar-refractivity contribution < 1.29 is 4.79 Å². The van der Waals surface area contributed by atoms with Crippen molar-refractivity contribution in [2.45, 2.75) is 6.42 Å². The fourth-order valence-corrected chi connectivity index (χ4v) is 3.42.